The summed E-state index contributed by atoms with van der Waals surface area (Å²) >= 11 is 0. The maximum absolute atomic E-state index is 12.2. The van der Waals surface area contributed by atoms with Crippen molar-refractivity contribution in [2.24, 2.45) is 5.16 Å². The van der Waals surface area contributed by atoms with Crippen LogP contribution in [-0.4, -0.2) is 18.7 Å². The molecule has 1 aliphatic carbocycles. The van der Waals surface area contributed by atoms with Crippen molar-refractivity contribution in [2.75, 3.05) is 7.11 Å². The fourth-order valence-corrected chi connectivity index (χ4v) is 0.648. The normalized spacial score (nSPS) is 27.7. The summed E-state index contributed by atoms with van der Waals surface area (Å²) in [5.74, 6) is -2.68. The predicted molar refractivity (Wildman–Crippen MR) is 28.6 cm³/mol. The molecule has 0 amide bonds. The van der Waals surface area contributed by atoms with E-state index in [1.807, 2.05) is 0 Å². The molecule has 4 heteroatoms. The lowest BCUT2D eigenvalue weighted by Gasteiger charge is -2.26. The Morgan fingerprint density at radius 3 is 2.44 bits per heavy atom. The van der Waals surface area contributed by atoms with Gasteiger partial charge in [0.25, 0.3) is 5.92 Å². The van der Waals surface area contributed by atoms with E-state index in [0.717, 1.165) is 0 Å². The van der Waals surface area contributed by atoms with E-state index in [2.05, 4.69) is 9.99 Å². The summed E-state index contributed by atoms with van der Waals surface area (Å²) in [6.45, 7) is 0. The molecule has 0 bridgehead atoms. The zero-order chi connectivity index (χ0) is 6.91. The maximum Gasteiger partial charge on any atom is 0.289 e. The van der Waals surface area contributed by atoms with Crippen molar-refractivity contribution in [3.63, 3.8) is 0 Å². The van der Waals surface area contributed by atoms with Gasteiger partial charge < -0.3 is 4.84 Å². The lowest BCUT2D eigenvalue weighted by atomic mass is 9.92. The Labute approximate surface area is 51.5 Å². The molecule has 0 spiro atoms. The molecular formula is C5H7F2NO. The van der Waals surface area contributed by atoms with Gasteiger partial charge in [0.2, 0.25) is 0 Å². The van der Waals surface area contributed by atoms with E-state index < -0.39 is 5.92 Å². The molecule has 1 fully saturated rings. The number of halogens is 2. The van der Waals surface area contributed by atoms with Crippen LogP contribution in [0.1, 0.15) is 12.8 Å². The van der Waals surface area contributed by atoms with E-state index in [-0.39, 0.29) is 12.1 Å². The zero-order valence-corrected chi connectivity index (χ0v) is 5.03. The Balaban J connectivity index is 2.55. The van der Waals surface area contributed by atoms with Gasteiger partial charge in [-0.1, -0.05) is 5.16 Å². The molecule has 1 saturated carbocycles. The van der Waals surface area contributed by atoms with E-state index >= 15 is 0 Å². The van der Waals surface area contributed by atoms with E-state index in [1.54, 1.807) is 0 Å². The molecule has 0 radical (unpaired) electrons. The molecule has 1 aliphatic rings. The first-order valence-electron chi connectivity index (χ1n) is 2.65. The van der Waals surface area contributed by atoms with Crippen LogP contribution in [0, 0.1) is 0 Å². The van der Waals surface area contributed by atoms with Gasteiger partial charge in [-0.15, -0.1) is 0 Å². The standard InChI is InChI=1S/C5H7F2NO/c1-9-8-4-2-3-5(4,6)7/h2-3H2,1H3. The van der Waals surface area contributed by atoms with Gasteiger partial charge in [-0.05, 0) is 0 Å². The van der Waals surface area contributed by atoms with Gasteiger partial charge in [0.15, 0.2) is 0 Å². The molecule has 0 aromatic rings. The van der Waals surface area contributed by atoms with Gasteiger partial charge in [0.1, 0.15) is 12.8 Å². The summed E-state index contributed by atoms with van der Waals surface area (Å²) < 4.78 is 24.4. The Hall–Kier alpha value is -0.670. The molecule has 0 unspecified atom stereocenters. The van der Waals surface area contributed by atoms with Crippen molar-refractivity contribution in [3.05, 3.63) is 0 Å². The van der Waals surface area contributed by atoms with Crippen LogP contribution in [0.25, 0.3) is 0 Å². The number of hydrogen-bond donors (Lipinski definition) is 0. The first-order chi connectivity index (χ1) is 4.17. The van der Waals surface area contributed by atoms with Crippen LogP contribution in [0.5, 0.6) is 0 Å². The van der Waals surface area contributed by atoms with E-state index in [1.165, 1.54) is 7.11 Å². The van der Waals surface area contributed by atoms with Gasteiger partial charge in [0, 0.05) is 12.8 Å². The zero-order valence-electron chi connectivity index (χ0n) is 5.03. The molecule has 0 N–H and O–H groups in total. The first kappa shape index (κ1) is 6.45. The van der Waals surface area contributed by atoms with Gasteiger partial charge in [0.05, 0.1) is 0 Å². The minimum Gasteiger partial charge on any atom is -0.399 e. The Morgan fingerprint density at radius 1 is 1.67 bits per heavy atom. The number of oxime groups is 1. The number of rotatable bonds is 1. The molecule has 52 valence electrons. The van der Waals surface area contributed by atoms with E-state index in [0.29, 0.717) is 6.42 Å². The minimum atomic E-state index is -2.68. The molecule has 0 atom stereocenters. The van der Waals surface area contributed by atoms with Crippen LogP contribution in [0.3, 0.4) is 0 Å². The highest BCUT2D eigenvalue weighted by Crippen LogP contribution is 2.34. The SMILES string of the molecule is CON=C1CCC1(F)F. The summed E-state index contributed by atoms with van der Waals surface area (Å²) in [4.78, 5) is 4.19. The largest absolute Gasteiger partial charge is 0.399 e. The topological polar surface area (TPSA) is 21.6 Å². The Morgan fingerprint density at radius 2 is 2.33 bits per heavy atom. The average Bonchev–Trinajstić information content (AvgIpc) is 1.81. The summed E-state index contributed by atoms with van der Waals surface area (Å²) in [5.41, 5.74) is -0.134. The lowest BCUT2D eigenvalue weighted by Crippen LogP contribution is -2.39. The molecule has 1 rings (SSSR count). The first-order valence-corrected chi connectivity index (χ1v) is 2.65. The van der Waals surface area contributed by atoms with Crippen LogP contribution in [0.4, 0.5) is 8.78 Å². The second kappa shape index (κ2) is 1.93. The molecular weight excluding hydrogens is 128 g/mol. The molecule has 0 aromatic carbocycles. The predicted octanol–water partition coefficient (Wildman–Crippen LogP) is 1.42. The van der Waals surface area contributed by atoms with Crippen molar-refractivity contribution in [1.29, 1.82) is 0 Å². The number of alkyl halides is 2. The fraction of sp³-hybridized carbons (Fsp3) is 0.800. The van der Waals surface area contributed by atoms with E-state index in [4.69, 9.17) is 0 Å². The second-order valence-electron chi connectivity index (χ2n) is 1.93. The van der Waals surface area contributed by atoms with Crippen LogP contribution >= 0.6 is 0 Å². The fourth-order valence-electron chi connectivity index (χ4n) is 0.648. The number of nitrogens with zero attached hydrogens (tertiary/aromatic N) is 1. The van der Waals surface area contributed by atoms with Gasteiger partial charge >= 0.3 is 0 Å². The van der Waals surface area contributed by atoms with Crippen molar-refractivity contribution in [2.45, 2.75) is 18.8 Å². The summed E-state index contributed by atoms with van der Waals surface area (Å²) in [5, 5.41) is 3.15. The molecule has 0 saturated heterocycles. The Kier molecular flexibility index (Phi) is 1.38. The summed E-state index contributed by atoms with van der Waals surface area (Å²) in [7, 11) is 1.27. The molecule has 2 nitrogen and oxygen atoms in total. The highest BCUT2D eigenvalue weighted by atomic mass is 19.3. The second-order valence-corrected chi connectivity index (χ2v) is 1.93. The summed E-state index contributed by atoms with van der Waals surface area (Å²) in [6.07, 6.45) is 0.274. The minimum absolute atomic E-state index is 0.0881. The van der Waals surface area contributed by atoms with E-state index in [9.17, 15) is 8.78 Å². The molecule has 0 heterocycles. The monoisotopic (exact) mass is 135 g/mol. The van der Waals surface area contributed by atoms with Gasteiger partial charge in [-0.2, -0.15) is 8.78 Å². The van der Waals surface area contributed by atoms with Crippen molar-refractivity contribution in [3.8, 4) is 0 Å². The lowest BCUT2D eigenvalue weighted by molar-refractivity contribution is 0.0319. The van der Waals surface area contributed by atoms with Crippen LogP contribution in [0.2, 0.25) is 0 Å². The maximum atomic E-state index is 12.2. The third-order valence-electron chi connectivity index (χ3n) is 1.30. The number of hydrogen-bond acceptors (Lipinski definition) is 2. The van der Waals surface area contributed by atoms with Crippen molar-refractivity contribution in [1.82, 2.24) is 0 Å². The van der Waals surface area contributed by atoms with Crippen LogP contribution in [-0.2, 0) is 4.84 Å². The average molecular weight is 135 g/mol. The molecule has 0 aliphatic heterocycles. The third kappa shape index (κ3) is 1.01. The quantitative estimate of drug-likeness (QED) is 0.498. The highest BCUT2D eigenvalue weighted by Gasteiger charge is 2.45. The smallest absolute Gasteiger partial charge is 0.289 e. The molecule has 9 heavy (non-hydrogen) atoms. The van der Waals surface area contributed by atoms with Crippen LogP contribution in [0.15, 0.2) is 5.16 Å². The summed E-state index contributed by atoms with van der Waals surface area (Å²) in [6, 6.07) is 0. The van der Waals surface area contributed by atoms with Gasteiger partial charge in [-0.3, -0.25) is 0 Å². The Bertz CT molecular complexity index is 144. The van der Waals surface area contributed by atoms with Crippen molar-refractivity contribution >= 4 is 5.71 Å². The van der Waals surface area contributed by atoms with Crippen molar-refractivity contribution < 1.29 is 13.6 Å². The van der Waals surface area contributed by atoms with Crippen LogP contribution < -0.4 is 0 Å². The van der Waals surface area contributed by atoms with Gasteiger partial charge in [-0.25, -0.2) is 0 Å². The third-order valence-corrected chi connectivity index (χ3v) is 1.30. The highest BCUT2D eigenvalue weighted by molar-refractivity contribution is 5.95. The molecule has 0 aromatic heterocycles.